The van der Waals surface area contributed by atoms with Crippen molar-refractivity contribution in [3.63, 3.8) is 0 Å². The van der Waals surface area contributed by atoms with Crippen molar-refractivity contribution in [3.8, 4) is 33.6 Å². The summed E-state index contributed by atoms with van der Waals surface area (Å²) in [7, 11) is 2.97. The predicted molar refractivity (Wildman–Crippen MR) is 229 cm³/mol. The Bertz CT molecular complexity index is 2170. The zero-order valence-electron chi connectivity index (χ0n) is 35.8. The minimum Gasteiger partial charge on any atom is -0.465 e. The molecule has 4 fully saturated rings. The van der Waals surface area contributed by atoms with Gasteiger partial charge in [-0.3, -0.25) is 19.4 Å². The van der Waals surface area contributed by atoms with Gasteiger partial charge in [0.05, 0.1) is 36.7 Å². The van der Waals surface area contributed by atoms with Crippen molar-refractivity contribution in [1.82, 2.24) is 39.5 Å². The molecule has 17 nitrogen and oxygen atoms in total. The molecule has 2 aromatic heterocycles. The number of imidazole rings is 2. The molecule has 334 valence electrons. The summed E-state index contributed by atoms with van der Waals surface area (Å²) in [4.78, 5) is 75.1. The normalized spacial score (nSPS) is 21.6. The lowest BCUT2D eigenvalue weighted by molar-refractivity contribution is -0.141. The Labute approximate surface area is 365 Å². The van der Waals surface area contributed by atoms with Gasteiger partial charge in [-0.25, -0.2) is 19.6 Å². The number of likely N-dealkylation sites (tertiary alicyclic amines) is 2. The fourth-order valence-corrected chi connectivity index (χ4v) is 10.5. The van der Waals surface area contributed by atoms with E-state index in [1.165, 1.54) is 14.1 Å². The van der Waals surface area contributed by atoms with Crippen LogP contribution in [0.1, 0.15) is 86.2 Å². The summed E-state index contributed by atoms with van der Waals surface area (Å²) >= 11 is 0. The Morgan fingerprint density at radius 1 is 0.635 bits per heavy atom. The quantitative estimate of drug-likeness (QED) is 0.139. The smallest absolute Gasteiger partial charge is 0.407 e. The van der Waals surface area contributed by atoms with E-state index in [9.17, 15) is 29.4 Å². The number of aromatic amines is 2. The van der Waals surface area contributed by atoms with Gasteiger partial charge in [0.15, 0.2) is 0 Å². The van der Waals surface area contributed by atoms with E-state index in [-0.39, 0.29) is 35.7 Å². The lowest BCUT2D eigenvalue weighted by Crippen LogP contribution is -2.53. The Hall–Kier alpha value is -5.78. The minimum atomic E-state index is -1.12. The Morgan fingerprint density at radius 3 is 1.44 bits per heavy atom. The SMILES string of the molecule is CN(C(=O)O)C(C(=O)N1CCC[C@H]1c1nc(-c2ccc3c(c2)COCc2cc(-c4c[nH]c([C@@H]5CCCN5C(=O)C(C5CCOCC5)N(C)C(=O)O)n4)ccc2-3)c[nH]1)C1CCOCC1. The van der Waals surface area contributed by atoms with Crippen molar-refractivity contribution in [3.05, 3.63) is 71.6 Å². The number of fused-ring (bicyclic) bond motifs is 3. The molecule has 17 heteroatoms. The highest BCUT2D eigenvalue weighted by Gasteiger charge is 2.44. The number of carboxylic acid groups (broad SMARTS) is 2. The number of carbonyl (C=O) groups excluding carboxylic acids is 2. The fourth-order valence-electron chi connectivity index (χ4n) is 10.5. The van der Waals surface area contributed by atoms with Gasteiger partial charge >= 0.3 is 12.2 Å². The number of hydrogen-bond acceptors (Lipinski definition) is 9. The molecule has 4 amide bonds. The van der Waals surface area contributed by atoms with Crippen LogP contribution in [0.4, 0.5) is 9.59 Å². The fraction of sp³-hybridized carbons (Fsp3) is 0.522. The van der Waals surface area contributed by atoms with Crippen LogP contribution in [0, 0.1) is 11.8 Å². The van der Waals surface area contributed by atoms with Crippen LogP contribution in [0.3, 0.4) is 0 Å². The average molecular weight is 865 g/mol. The van der Waals surface area contributed by atoms with Gasteiger partial charge in [0, 0.05) is 77.1 Å². The largest absolute Gasteiger partial charge is 0.465 e. The molecule has 0 bridgehead atoms. The molecule has 0 spiro atoms. The van der Waals surface area contributed by atoms with E-state index in [0.717, 1.165) is 80.3 Å². The van der Waals surface area contributed by atoms with Crippen molar-refractivity contribution in [2.45, 2.75) is 88.7 Å². The molecule has 4 saturated heterocycles. The first-order valence-electron chi connectivity index (χ1n) is 22.2. The van der Waals surface area contributed by atoms with Gasteiger partial charge in [0.25, 0.3) is 0 Å². The Balaban J connectivity index is 0.909. The molecule has 0 radical (unpaired) electrons. The number of carbonyl (C=O) groups is 4. The first kappa shape index (κ1) is 42.5. The summed E-state index contributed by atoms with van der Waals surface area (Å²) in [5, 5.41) is 19.8. The molecule has 0 saturated carbocycles. The Kier molecular flexibility index (Phi) is 12.2. The van der Waals surface area contributed by atoms with Crippen LogP contribution in [-0.4, -0.2) is 139 Å². The molecule has 2 aromatic carbocycles. The number of H-pyrrole nitrogens is 2. The lowest BCUT2D eigenvalue weighted by atomic mass is 9.89. The van der Waals surface area contributed by atoms with Crippen LogP contribution in [0.25, 0.3) is 33.6 Å². The standard InChI is InChI=1S/C46H56N8O9/c1-51(45(57)58)39(27-11-17-61-18-12-27)43(55)53-15-3-5-37(53)41-47-23-35(49-41)29-7-9-33-31(21-29)25-63-26-32-22-30(8-10-34(32)33)36-24-48-42(50-36)38-6-4-16-54(38)44(56)40(52(2)46(59)60)28-13-19-62-20-14-28/h7-10,21-24,27-28,37-40H,3-6,11-20,25-26H2,1-2H3,(H,47,49)(H,48,50)(H,57,58)(H,59,60)/t37-,38-,39?,40?/m0/s1. The molecule has 7 heterocycles. The van der Waals surface area contributed by atoms with Crippen molar-refractivity contribution in [1.29, 1.82) is 0 Å². The van der Waals surface area contributed by atoms with Crippen molar-refractivity contribution >= 4 is 24.0 Å². The van der Waals surface area contributed by atoms with Gasteiger partial charge in [0.2, 0.25) is 11.8 Å². The number of ether oxygens (including phenoxy) is 3. The maximum absolute atomic E-state index is 14.1. The maximum atomic E-state index is 14.1. The molecule has 4 aromatic rings. The summed E-state index contributed by atoms with van der Waals surface area (Å²) in [6.45, 7) is 3.94. The third kappa shape index (κ3) is 8.41. The molecular formula is C46H56N8O9. The van der Waals surface area contributed by atoms with Gasteiger partial charge in [-0.2, -0.15) is 0 Å². The van der Waals surface area contributed by atoms with Crippen molar-refractivity contribution in [2.24, 2.45) is 11.8 Å². The zero-order chi connectivity index (χ0) is 43.8. The minimum absolute atomic E-state index is 0.110. The van der Waals surface area contributed by atoms with Crippen LogP contribution < -0.4 is 0 Å². The molecular weight excluding hydrogens is 809 g/mol. The third-order valence-electron chi connectivity index (χ3n) is 13.9. The van der Waals surface area contributed by atoms with E-state index >= 15 is 0 Å². The lowest BCUT2D eigenvalue weighted by Gasteiger charge is -2.37. The summed E-state index contributed by atoms with van der Waals surface area (Å²) in [5.41, 5.74) is 7.51. The summed E-state index contributed by atoms with van der Waals surface area (Å²) in [6, 6.07) is 10.4. The number of hydrogen-bond donors (Lipinski definition) is 4. The van der Waals surface area contributed by atoms with E-state index in [2.05, 4.69) is 46.4 Å². The molecule has 0 aliphatic carbocycles. The van der Waals surface area contributed by atoms with Gasteiger partial charge < -0.3 is 44.2 Å². The van der Waals surface area contributed by atoms with Crippen LogP contribution in [0.15, 0.2) is 48.8 Å². The molecule has 9 rings (SSSR count). The third-order valence-corrected chi connectivity index (χ3v) is 13.9. The number of likely N-dealkylation sites (N-methyl/N-ethyl adjacent to an activating group) is 2. The first-order chi connectivity index (χ1) is 30.6. The molecule has 2 unspecified atom stereocenters. The molecule has 5 aliphatic heterocycles. The van der Waals surface area contributed by atoms with Crippen molar-refractivity contribution in [2.75, 3.05) is 53.6 Å². The molecule has 4 N–H and O–H groups in total. The van der Waals surface area contributed by atoms with E-state index in [1.54, 1.807) is 9.80 Å². The van der Waals surface area contributed by atoms with Gasteiger partial charge in [0.1, 0.15) is 23.7 Å². The summed E-state index contributed by atoms with van der Waals surface area (Å²) in [5.74, 6) is 0.782. The number of rotatable bonds is 10. The molecule has 4 atom stereocenters. The van der Waals surface area contributed by atoms with Crippen LogP contribution >= 0.6 is 0 Å². The number of aromatic nitrogens is 4. The maximum Gasteiger partial charge on any atom is 0.407 e. The number of nitrogens with one attached hydrogen (secondary N) is 2. The second kappa shape index (κ2) is 18.1. The number of amides is 4. The van der Waals surface area contributed by atoms with E-state index in [1.807, 2.05) is 12.4 Å². The highest BCUT2D eigenvalue weighted by Crippen LogP contribution is 2.39. The van der Waals surface area contributed by atoms with Crippen LogP contribution in [0.2, 0.25) is 0 Å². The van der Waals surface area contributed by atoms with E-state index in [4.69, 9.17) is 24.2 Å². The molecule has 63 heavy (non-hydrogen) atoms. The summed E-state index contributed by atoms with van der Waals surface area (Å²) < 4.78 is 17.3. The van der Waals surface area contributed by atoms with Crippen LogP contribution in [-0.2, 0) is 37.0 Å². The Morgan fingerprint density at radius 2 is 1.05 bits per heavy atom. The van der Waals surface area contributed by atoms with Gasteiger partial charge in [-0.05, 0) is 97.6 Å². The van der Waals surface area contributed by atoms with Crippen LogP contribution in [0.5, 0.6) is 0 Å². The second-order valence-electron chi connectivity index (χ2n) is 17.5. The average Bonchev–Trinajstić information content (AvgIpc) is 4.14. The van der Waals surface area contributed by atoms with Crippen molar-refractivity contribution < 1.29 is 43.6 Å². The highest BCUT2D eigenvalue weighted by molar-refractivity contribution is 5.87. The molecule has 5 aliphatic rings. The second-order valence-corrected chi connectivity index (χ2v) is 17.5. The topological polar surface area (TPSA) is 207 Å². The number of nitrogens with zero attached hydrogens (tertiary/aromatic N) is 6. The monoisotopic (exact) mass is 864 g/mol. The number of benzene rings is 2. The predicted octanol–water partition coefficient (Wildman–Crippen LogP) is 6.30. The highest BCUT2D eigenvalue weighted by atomic mass is 16.5. The first-order valence-corrected chi connectivity index (χ1v) is 22.2. The van der Waals surface area contributed by atoms with Gasteiger partial charge in [-0.15, -0.1) is 0 Å². The van der Waals surface area contributed by atoms with E-state index in [0.29, 0.717) is 90.1 Å². The summed E-state index contributed by atoms with van der Waals surface area (Å²) in [6.07, 6.45) is 7.10. The zero-order valence-corrected chi connectivity index (χ0v) is 35.8. The van der Waals surface area contributed by atoms with E-state index < -0.39 is 24.3 Å². The van der Waals surface area contributed by atoms with Gasteiger partial charge in [-0.1, -0.05) is 24.3 Å².